The van der Waals surface area contributed by atoms with Gasteiger partial charge in [0.25, 0.3) is 0 Å². The smallest absolute Gasteiger partial charge is 0.370 e. The molecule has 0 fully saturated rings. The van der Waals surface area contributed by atoms with Gasteiger partial charge in [0, 0.05) is 25.8 Å². The van der Waals surface area contributed by atoms with Crippen LogP contribution in [0, 0.1) is 0 Å². The highest BCUT2D eigenvalue weighted by molar-refractivity contribution is 5.77. The van der Waals surface area contributed by atoms with Gasteiger partial charge in [0.1, 0.15) is 5.82 Å². The van der Waals surface area contributed by atoms with E-state index in [1.807, 2.05) is 6.92 Å². The van der Waals surface area contributed by atoms with Gasteiger partial charge in [-0.3, -0.25) is 4.99 Å². The number of hydrogen-bond acceptors (Lipinski definition) is 3. The van der Waals surface area contributed by atoms with Crippen molar-refractivity contribution in [2.24, 2.45) is 10.7 Å². The third-order valence-corrected chi connectivity index (χ3v) is 2.63. The number of nitrogens with two attached hydrogens (primary N) is 1. The van der Waals surface area contributed by atoms with Gasteiger partial charge in [0.15, 0.2) is 5.96 Å². The second-order valence-electron chi connectivity index (χ2n) is 4.37. The number of anilines is 1. The fourth-order valence-corrected chi connectivity index (χ4v) is 1.56. The fourth-order valence-electron chi connectivity index (χ4n) is 1.56. The lowest BCUT2D eigenvalue weighted by molar-refractivity contribution is -0.137. The van der Waals surface area contributed by atoms with Crippen LogP contribution in [-0.2, 0) is 6.18 Å². The first-order chi connectivity index (χ1) is 9.95. The molecular weight excluding hydrogens is 283 g/mol. The molecule has 0 unspecified atom stereocenters. The molecule has 1 heterocycles. The third-order valence-electron chi connectivity index (χ3n) is 2.63. The van der Waals surface area contributed by atoms with Crippen LogP contribution < -0.4 is 16.4 Å². The Morgan fingerprint density at radius 1 is 1.38 bits per heavy atom. The van der Waals surface area contributed by atoms with Crippen molar-refractivity contribution < 1.29 is 13.2 Å². The van der Waals surface area contributed by atoms with E-state index in [9.17, 15) is 13.2 Å². The summed E-state index contributed by atoms with van der Waals surface area (Å²) in [5.74, 6) is 0.107. The van der Waals surface area contributed by atoms with Crippen LogP contribution in [0.5, 0.6) is 0 Å². The molecule has 0 aliphatic rings. The summed E-state index contributed by atoms with van der Waals surface area (Å²) >= 11 is 0. The third kappa shape index (κ3) is 6.33. The van der Waals surface area contributed by atoms with E-state index >= 15 is 0 Å². The minimum Gasteiger partial charge on any atom is -0.370 e. The van der Waals surface area contributed by atoms with Crippen LogP contribution in [-0.4, -0.2) is 30.6 Å². The normalized spacial score (nSPS) is 12.3. The minimum absolute atomic E-state index is 0.187. The molecule has 0 atom stereocenters. The van der Waals surface area contributed by atoms with E-state index in [2.05, 4.69) is 20.6 Å². The molecule has 1 aromatic rings. The number of nitrogens with one attached hydrogen (secondary N) is 2. The first-order valence-electron chi connectivity index (χ1n) is 6.75. The number of halogens is 3. The molecule has 0 aliphatic carbocycles. The quantitative estimate of drug-likeness (QED) is 0.410. The molecule has 0 saturated carbocycles. The Bertz CT molecular complexity index is 459. The maximum atomic E-state index is 12.7. The number of unbranched alkanes of at least 4 members (excludes halogenated alkanes) is 1. The maximum absolute atomic E-state index is 12.7. The first kappa shape index (κ1) is 17.1. The molecule has 0 aromatic carbocycles. The van der Waals surface area contributed by atoms with Crippen molar-refractivity contribution in [2.45, 2.75) is 25.9 Å². The van der Waals surface area contributed by atoms with Gasteiger partial charge >= 0.3 is 6.18 Å². The molecule has 0 radical (unpaired) electrons. The lowest BCUT2D eigenvalue weighted by Crippen LogP contribution is -2.35. The van der Waals surface area contributed by atoms with Crippen molar-refractivity contribution in [1.82, 2.24) is 10.3 Å². The molecule has 0 amide bonds. The van der Waals surface area contributed by atoms with Crippen molar-refractivity contribution in [1.29, 1.82) is 0 Å². The zero-order valence-electron chi connectivity index (χ0n) is 11.9. The van der Waals surface area contributed by atoms with Gasteiger partial charge in [-0.05, 0) is 18.6 Å². The highest BCUT2D eigenvalue weighted by atomic mass is 19.4. The molecule has 21 heavy (non-hydrogen) atoms. The highest BCUT2D eigenvalue weighted by Crippen LogP contribution is 2.33. The zero-order valence-corrected chi connectivity index (χ0v) is 11.9. The second-order valence-corrected chi connectivity index (χ2v) is 4.37. The highest BCUT2D eigenvalue weighted by Gasteiger charge is 2.33. The molecule has 0 spiro atoms. The summed E-state index contributed by atoms with van der Waals surface area (Å²) < 4.78 is 38.2. The van der Waals surface area contributed by atoms with E-state index in [0.29, 0.717) is 19.0 Å². The first-order valence-corrected chi connectivity index (χ1v) is 6.75. The van der Waals surface area contributed by atoms with Crippen molar-refractivity contribution in [3.63, 3.8) is 0 Å². The van der Waals surface area contributed by atoms with Gasteiger partial charge in [-0.15, -0.1) is 0 Å². The van der Waals surface area contributed by atoms with E-state index in [1.165, 1.54) is 12.3 Å². The van der Waals surface area contributed by atoms with E-state index < -0.39 is 11.7 Å². The molecule has 1 rings (SSSR count). The van der Waals surface area contributed by atoms with Gasteiger partial charge in [0.05, 0.1) is 5.56 Å². The average Bonchev–Trinajstić information content (AvgIpc) is 2.43. The Morgan fingerprint density at radius 2 is 2.14 bits per heavy atom. The molecule has 118 valence electrons. The monoisotopic (exact) mass is 303 g/mol. The SMILES string of the molecule is CCCCN=C(N)NCCNc1ncccc1C(F)(F)F. The van der Waals surface area contributed by atoms with Gasteiger partial charge in [0.2, 0.25) is 0 Å². The van der Waals surface area contributed by atoms with Crippen molar-refractivity contribution >= 4 is 11.8 Å². The number of alkyl halides is 3. The summed E-state index contributed by atoms with van der Waals surface area (Å²) in [5, 5.41) is 5.46. The standard InChI is InChI=1S/C13H20F3N5/c1-2-3-6-20-12(17)21-9-8-19-11-10(13(14,15)16)5-4-7-18-11/h4-5,7H,2-3,6,8-9H2,1H3,(H,18,19)(H3,17,20,21). The largest absolute Gasteiger partial charge is 0.419 e. The molecule has 0 aliphatic heterocycles. The Hall–Kier alpha value is -1.99. The molecular formula is C13H20F3N5. The second kappa shape index (κ2) is 8.33. The summed E-state index contributed by atoms with van der Waals surface area (Å²) in [4.78, 5) is 7.78. The number of aliphatic imine (C=N–C) groups is 1. The Kier molecular flexibility index (Phi) is 6.77. The van der Waals surface area contributed by atoms with Crippen LogP contribution in [0.3, 0.4) is 0 Å². The Morgan fingerprint density at radius 3 is 2.81 bits per heavy atom. The summed E-state index contributed by atoms with van der Waals surface area (Å²) in [6.45, 7) is 3.30. The fraction of sp³-hybridized carbons (Fsp3) is 0.538. The lowest BCUT2D eigenvalue weighted by Gasteiger charge is -2.13. The van der Waals surface area contributed by atoms with E-state index in [1.54, 1.807) is 0 Å². The lowest BCUT2D eigenvalue weighted by atomic mass is 10.2. The minimum atomic E-state index is -4.43. The summed E-state index contributed by atoms with van der Waals surface area (Å²) in [5.41, 5.74) is 4.83. The Balaban J connectivity index is 2.42. The van der Waals surface area contributed by atoms with Crippen LogP contribution in [0.4, 0.5) is 19.0 Å². The van der Waals surface area contributed by atoms with E-state index in [4.69, 9.17) is 5.73 Å². The van der Waals surface area contributed by atoms with Crippen molar-refractivity contribution in [2.75, 3.05) is 25.0 Å². The molecule has 5 nitrogen and oxygen atoms in total. The number of rotatable bonds is 7. The van der Waals surface area contributed by atoms with Gasteiger partial charge in [-0.1, -0.05) is 13.3 Å². The number of nitrogens with zero attached hydrogens (tertiary/aromatic N) is 2. The number of aromatic nitrogens is 1. The predicted octanol–water partition coefficient (Wildman–Crippen LogP) is 2.22. The summed E-state index contributed by atoms with van der Waals surface area (Å²) in [6, 6.07) is 2.24. The van der Waals surface area contributed by atoms with Crippen LogP contribution in [0.15, 0.2) is 23.3 Å². The summed E-state index contributed by atoms with van der Waals surface area (Å²) in [7, 11) is 0. The molecule has 0 saturated heterocycles. The average molecular weight is 303 g/mol. The zero-order chi connectivity index (χ0) is 15.7. The molecule has 0 bridgehead atoms. The summed E-state index contributed by atoms with van der Waals surface area (Å²) in [6.07, 6.45) is -1.14. The van der Waals surface area contributed by atoms with E-state index in [-0.39, 0.29) is 12.4 Å². The van der Waals surface area contributed by atoms with Crippen LogP contribution in [0.25, 0.3) is 0 Å². The molecule has 4 N–H and O–H groups in total. The van der Waals surface area contributed by atoms with Crippen LogP contribution in [0.1, 0.15) is 25.3 Å². The molecule has 8 heteroatoms. The van der Waals surface area contributed by atoms with Gasteiger partial charge in [-0.25, -0.2) is 4.98 Å². The predicted molar refractivity (Wildman–Crippen MR) is 77.1 cm³/mol. The molecule has 1 aromatic heterocycles. The number of guanidine groups is 1. The van der Waals surface area contributed by atoms with Gasteiger partial charge in [-0.2, -0.15) is 13.2 Å². The Labute approximate surface area is 121 Å². The van der Waals surface area contributed by atoms with Crippen LogP contribution >= 0.6 is 0 Å². The van der Waals surface area contributed by atoms with Gasteiger partial charge < -0.3 is 16.4 Å². The van der Waals surface area contributed by atoms with Crippen molar-refractivity contribution in [3.05, 3.63) is 23.9 Å². The number of pyridine rings is 1. The topological polar surface area (TPSA) is 75.3 Å². The van der Waals surface area contributed by atoms with Crippen molar-refractivity contribution in [3.8, 4) is 0 Å². The van der Waals surface area contributed by atoms with E-state index in [0.717, 1.165) is 18.9 Å². The maximum Gasteiger partial charge on any atom is 0.419 e. The number of hydrogen-bond donors (Lipinski definition) is 3. The van der Waals surface area contributed by atoms with Crippen LogP contribution in [0.2, 0.25) is 0 Å².